The van der Waals surface area contributed by atoms with E-state index in [1.54, 1.807) is 0 Å². The number of nitrogens with one attached hydrogen (secondary N) is 1. The number of para-hydroxylation sites is 2. The number of imidazole rings is 1. The van der Waals surface area contributed by atoms with Crippen molar-refractivity contribution in [2.45, 2.75) is 46.1 Å². The van der Waals surface area contributed by atoms with Crippen LogP contribution in [0.5, 0.6) is 5.75 Å². The Balaban J connectivity index is 1.29. The molecule has 0 saturated carbocycles. The lowest BCUT2D eigenvalue weighted by Crippen LogP contribution is -2.24. The number of aryl methyl sites for hydroxylation is 3. The highest BCUT2D eigenvalue weighted by molar-refractivity contribution is 9.10. The van der Waals surface area contributed by atoms with Gasteiger partial charge in [-0.1, -0.05) is 52.7 Å². The fraction of sp³-hybridized carbons (Fsp3) is 0.310. The number of unbranched alkanes of at least 4 members (excludes halogenated alkanes) is 2. The number of hydrogen-bond donors (Lipinski definition) is 1. The molecular formula is C29H32BrN3O2. The second kappa shape index (κ2) is 12.0. The van der Waals surface area contributed by atoms with Crippen molar-refractivity contribution in [3.8, 4) is 5.75 Å². The van der Waals surface area contributed by atoms with E-state index < -0.39 is 0 Å². The van der Waals surface area contributed by atoms with Gasteiger partial charge in [0.25, 0.3) is 5.91 Å². The van der Waals surface area contributed by atoms with Gasteiger partial charge in [0.05, 0.1) is 17.6 Å². The molecule has 1 heterocycles. The van der Waals surface area contributed by atoms with Gasteiger partial charge in [0.2, 0.25) is 0 Å². The molecule has 0 atom stereocenters. The number of carbonyl (C=O) groups excluding carboxylic acids is 1. The molecule has 4 aromatic rings. The van der Waals surface area contributed by atoms with Crippen LogP contribution in [0.4, 0.5) is 0 Å². The maximum atomic E-state index is 12.3. The first-order valence-electron chi connectivity index (χ1n) is 12.2. The van der Waals surface area contributed by atoms with E-state index in [0.29, 0.717) is 18.7 Å². The number of nitrogens with zero attached hydrogens (tertiary/aromatic N) is 2. The lowest BCUT2D eigenvalue weighted by atomic mass is 10.1. The van der Waals surface area contributed by atoms with Gasteiger partial charge >= 0.3 is 0 Å². The normalized spacial score (nSPS) is 11.1. The zero-order chi connectivity index (χ0) is 24.6. The highest BCUT2D eigenvalue weighted by atomic mass is 79.9. The molecule has 182 valence electrons. The Morgan fingerprint density at radius 2 is 1.86 bits per heavy atom. The van der Waals surface area contributed by atoms with Gasteiger partial charge in [-0.2, -0.15) is 0 Å². The molecule has 1 amide bonds. The van der Waals surface area contributed by atoms with Crippen LogP contribution in [0, 0.1) is 13.8 Å². The fourth-order valence-corrected chi connectivity index (χ4v) is 4.59. The summed E-state index contributed by atoms with van der Waals surface area (Å²) in [6.07, 6.45) is 3.89. The Morgan fingerprint density at radius 1 is 1.00 bits per heavy atom. The first kappa shape index (κ1) is 25.0. The molecule has 0 aliphatic rings. The van der Waals surface area contributed by atoms with Gasteiger partial charge in [0.1, 0.15) is 18.2 Å². The Kier molecular flexibility index (Phi) is 8.59. The number of ether oxygens (including phenoxy) is 1. The molecule has 0 radical (unpaired) electrons. The molecule has 1 N–H and O–H groups in total. The molecule has 35 heavy (non-hydrogen) atoms. The summed E-state index contributed by atoms with van der Waals surface area (Å²) < 4.78 is 9.32. The van der Waals surface area contributed by atoms with E-state index in [1.807, 2.05) is 30.3 Å². The Hall–Kier alpha value is -3.12. The Morgan fingerprint density at radius 3 is 2.71 bits per heavy atom. The van der Waals surface area contributed by atoms with Gasteiger partial charge in [-0.25, -0.2) is 4.98 Å². The molecule has 6 heteroatoms. The SMILES string of the molecule is Cc1ccc(C)c(OCCn2c(CCCCCNC(=O)c3cccc(Br)c3)nc3ccccc32)c1. The van der Waals surface area contributed by atoms with E-state index in [1.165, 1.54) is 5.56 Å². The summed E-state index contributed by atoms with van der Waals surface area (Å²) in [5.41, 5.74) is 5.20. The van der Waals surface area contributed by atoms with E-state index in [-0.39, 0.29) is 5.91 Å². The molecule has 3 aromatic carbocycles. The number of fused-ring (bicyclic) bond motifs is 1. The standard InChI is InChI=1S/C29H32BrN3O2/c1-21-14-15-22(2)27(19-21)35-18-17-33-26-12-6-5-11-25(26)32-28(33)13-4-3-7-16-31-29(34)23-9-8-10-24(30)20-23/h5-6,8-12,14-15,19-20H,3-4,7,13,16-18H2,1-2H3,(H,31,34). The first-order chi connectivity index (χ1) is 17.0. The highest BCUT2D eigenvalue weighted by Gasteiger charge is 2.11. The van der Waals surface area contributed by atoms with Crippen LogP contribution >= 0.6 is 15.9 Å². The molecule has 0 aliphatic heterocycles. The molecule has 0 saturated heterocycles. The van der Waals surface area contributed by atoms with Crippen molar-refractivity contribution in [1.82, 2.24) is 14.9 Å². The minimum absolute atomic E-state index is 0.0306. The lowest BCUT2D eigenvalue weighted by molar-refractivity contribution is 0.0953. The van der Waals surface area contributed by atoms with Crippen LogP contribution in [0.15, 0.2) is 71.2 Å². The van der Waals surface area contributed by atoms with Crippen molar-refractivity contribution in [3.63, 3.8) is 0 Å². The third-order valence-electron chi connectivity index (χ3n) is 6.10. The quantitative estimate of drug-likeness (QED) is 0.220. The van der Waals surface area contributed by atoms with Crippen molar-refractivity contribution in [2.75, 3.05) is 13.2 Å². The first-order valence-corrected chi connectivity index (χ1v) is 13.0. The maximum Gasteiger partial charge on any atom is 0.251 e. The number of amides is 1. The number of aromatic nitrogens is 2. The summed E-state index contributed by atoms with van der Waals surface area (Å²) in [6, 6.07) is 22.0. The smallest absolute Gasteiger partial charge is 0.251 e. The van der Waals surface area contributed by atoms with E-state index in [0.717, 1.165) is 64.9 Å². The van der Waals surface area contributed by atoms with Crippen molar-refractivity contribution in [3.05, 3.63) is 93.7 Å². The van der Waals surface area contributed by atoms with E-state index in [4.69, 9.17) is 9.72 Å². The van der Waals surface area contributed by atoms with Crippen molar-refractivity contribution < 1.29 is 9.53 Å². The molecule has 4 rings (SSSR count). The summed E-state index contributed by atoms with van der Waals surface area (Å²) in [5, 5.41) is 3.01. The zero-order valence-electron chi connectivity index (χ0n) is 20.4. The number of halogens is 1. The maximum absolute atomic E-state index is 12.3. The second-order valence-corrected chi connectivity index (χ2v) is 9.78. The highest BCUT2D eigenvalue weighted by Crippen LogP contribution is 2.21. The fourth-order valence-electron chi connectivity index (χ4n) is 4.19. The predicted octanol–water partition coefficient (Wildman–Crippen LogP) is 6.64. The molecule has 0 spiro atoms. The van der Waals surface area contributed by atoms with Gasteiger partial charge in [0, 0.05) is 23.0 Å². The van der Waals surface area contributed by atoms with Crippen LogP contribution < -0.4 is 10.1 Å². The van der Waals surface area contributed by atoms with Crippen LogP contribution in [0.25, 0.3) is 11.0 Å². The van der Waals surface area contributed by atoms with Gasteiger partial charge in [-0.3, -0.25) is 4.79 Å². The molecule has 5 nitrogen and oxygen atoms in total. The Bertz CT molecular complexity index is 1300. The third kappa shape index (κ3) is 6.73. The summed E-state index contributed by atoms with van der Waals surface area (Å²) >= 11 is 3.41. The minimum Gasteiger partial charge on any atom is -0.491 e. The van der Waals surface area contributed by atoms with E-state index >= 15 is 0 Å². The van der Waals surface area contributed by atoms with Gasteiger partial charge in [-0.15, -0.1) is 0 Å². The average Bonchev–Trinajstić information content (AvgIpc) is 3.20. The second-order valence-electron chi connectivity index (χ2n) is 8.86. The Labute approximate surface area is 215 Å². The molecule has 0 bridgehead atoms. The van der Waals surface area contributed by atoms with Crippen molar-refractivity contribution in [2.24, 2.45) is 0 Å². The summed E-state index contributed by atoms with van der Waals surface area (Å²) in [4.78, 5) is 17.2. The largest absolute Gasteiger partial charge is 0.491 e. The van der Waals surface area contributed by atoms with Gasteiger partial charge in [-0.05, 0) is 74.2 Å². The van der Waals surface area contributed by atoms with Crippen molar-refractivity contribution >= 4 is 32.9 Å². The minimum atomic E-state index is -0.0306. The molecule has 0 unspecified atom stereocenters. The average molecular weight is 534 g/mol. The topological polar surface area (TPSA) is 56.1 Å². The molecule has 0 fully saturated rings. The lowest BCUT2D eigenvalue weighted by Gasteiger charge is -2.13. The predicted molar refractivity (Wildman–Crippen MR) is 145 cm³/mol. The van der Waals surface area contributed by atoms with Crippen LogP contribution in [0.1, 0.15) is 46.6 Å². The van der Waals surface area contributed by atoms with E-state index in [2.05, 4.69) is 76.1 Å². The third-order valence-corrected chi connectivity index (χ3v) is 6.59. The van der Waals surface area contributed by atoms with Gasteiger partial charge in [0.15, 0.2) is 0 Å². The monoisotopic (exact) mass is 533 g/mol. The van der Waals surface area contributed by atoms with Crippen LogP contribution in [-0.4, -0.2) is 28.6 Å². The number of rotatable bonds is 11. The summed E-state index contributed by atoms with van der Waals surface area (Å²) in [5.74, 6) is 2.01. The number of hydrogen-bond acceptors (Lipinski definition) is 3. The number of carbonyl (C=O) groups is 1. The van der Waals surface area contributed by atoms with E-state index in [9.17, 15) is 4.79 Å². The zero-order valence-corrected chi connectivity index (χ0v) is 22.0. The van der Waals surface area contributed by atoms with Crippen LogP contribution in [0.2, 0.25) is 0 Å². The van der Waals surface area contributed by atoms with Crippen LogP contribution in [0.3, 0.4) is 0 Å². The van der Waals surface area contributed by atoms with Crippen molar-refractivity contribution in [1.29, 1.82) is 0 Å². The molecular weight excluding hydrogens is 502 g/mol. The summed E-state index contributed by atoms with van der Waals surface area (Å²) in [6.45, 7) is 6.19. The molecule has 1 aromatic heterocycles. The summed E-state index contributed by atoms with van der Waals surface area (Å²) in [7, 11) is 0. The van der Waals surface area contributed by atoms with Crippen LogP contribution in [-0.2, 0) is 13.0 Å². The van der Waals surface area contributed by atoms with Gasteiger partial charge < -0.3 is 14.6 Å². The molecule has 0 aliphatic carbocycles. The number of benzene rings is 3.